The fraction of sp³-hybridized carbons (Fsp3) is 0.769. The zero-order valence-electron chi connectivity index (χ0n) is 12.0. The SMILES string of the molecule is O=C1CN(C(=O)NCCCN2CCCC2)C(C(=O)O)CN1. The molecule has 2 aliphatic heterocycles. The maximum atomic E-state index is 12.0. The number of carbonyl (C=O) groups is 3. The highest BCUT2D eigenvalue weighted by Crippen LogP contribution is 2.07. The molecule has 1 unspecified atom stereocenters. The molecule has 0 bridgehead atoms. The van der Waals surface area contributed by atoms with Crippen LogP contribution in [-0.2, 0) is 9.59 Å². The predicted octanol–water partition coefficient (Wildman–Crippen LogP) is -0.933. The van der Waals surface area contributed by atoms with Crippen LogP contribution < -0.4 is 10.6 Å². The molecule has 0 aromatic carbocycles. The molecular weight excluding hydrogens is 276 g/mol. The van der Waals surface area contributed by atoms with Gasteiger partial charge in [-0.05, 0) is 38.9 Å². The summed E-state index contributed by atoms with van der Waals surface area (Å²) in [6, 6.07) is -1.49. The van der Waals surface area contributed by atoms with Crippen LogP contribution in [0.15, 0.2) is 0 Å². The molecule has 0 aromatic rings. The van der Waals surface area contributed by atoms with Gasteiger partial charge in [0.2, 0.25) is 5.91 Å². The average Bonchev–Trinajstić information content (AvgIpc) is 2.96. The van der Waals surface area contributed by atoms with Gasteiger partial charge in [0.15, 0.2) is 0 Å². The fourth-order valence-electron chi connectivity index (χ4n) is 2.68. The standard InChI is InChI=1S/C13H22N4O4/c18-11-9-17(10(8-15-11)12(19)20)13(21)14-4-3-7-16-5-1-2-6-16/h10H,1-9H2,(H,14,21)(H,15,18)(H,19,20). The van der Waals surface area contributed by atoms with Gasteiger partial charge in [0, 0.05) is 13.1 Å². The molecular formula is C13H22N4O4. The molecule has 2 rings (SSSR count). The zero-order chi connectivity index (χ0) is 15.2. The first-order valence-corrected chi connectivity index (χ1v) is 7.34. The topological polar surface area (TPSA) is 102 Å². The van der Waals surface area contributed by atoms with Crippen molar-refractivity contribution in [3.8, 4) is 0 Å². The minimum atomic E-state index is -1.11. The number of carboxylic acids is 1. The van der Waals surface area contributed by atoms with Crippen LogP contribution in [0.4, 0.5) is 4.79 Å². The van der Waals surface area contributed by atoms with E-state index in [1.165, 1.54) is 12.8 Å². The Hall–Kier alpha value is -1.83. The van der Waals surface area contributed by atoms with E-state index in [1.54, 1.807) is 0 Å². The lowest BCUT2D eigenvalue weighted by Crippen LogP contribution is -2.61. The Kier molecular flexibility index (Phi) is 5.38. The summed E-state index contributed by atoms with van der Waals surface area (Å²) in [4.78, 5) is 37.9. The number of piperazine rings is 1. The summed E-state index contributed by atoms with van der Waals surface area (Å²) in [5, 5.41) is 14.2. The molecule has 21 heavy (non-hydrogen) atoms. The van der Waals surface area contributed by atoms with Crippen LogP contribution in [0.25, 0.3) is 0 Å². The van der Waals surface area contributed by atoms with Gasteiger partial charge in [0.05, 0.1) is 0 Å². The lowest BCUT2D eigenvalue weighted by Gasteiger charge is -2.32. The van der Waals surface area contributed by atoms with Gasteiger partial charge >= 0.3 is 12.0 Å². The maximum absolute atomic E-state index is 12.0. The van der Waals surface area contributed by atoms with Crippen LogP contribution in [0.3, 0.4) is 0 Å². The van der Waals surface area contributed by atoms with Crippen molar-refractivity contribution in [2.75, 3.05) is 39.3 Å². The van der Waals surface area contributed by atoms with Crippen molar-refractivity contribution < 1.29 is 19.5 Å². The highest BCUT2D eigenvalue weighted by molar-refractivity contribution is 5.90. The molecule has 118 valence electrons. The Labute approximate surface area is 123 Å². The highest BCUT2D eigenvalue weighted by Gasteiger charge is 2.34. The number of urea groups is 1. The van der Waals surface area contributed by atoms with Gasteiger partial charge in [-0.25, -0.2) is 9.59 Å². The van der Waals surface area contributed by atoms with E-state index in [0.717, 1.165) is 31.0 Å². The summed E-state index contributed by atoms with van der Waals surface area (Å²) < 4.78 is 0. The number of carboxylic acid groups (broad SMARTS) is 1. The Morgan fingerprint density at radius 2 is 2.05 bits per heavy atom. The van der Waals surface area contributed by atoms with E-state index >= 15 is 0 Å². The fourth-order valence-corrected chi connectivity index (χ4v) is 2.68. The van der Waals surface area contributed by atoms with E-state index in [-0.39, 0.29) is 19.0 Å². The third kappa shape index (κ3) is 4.32. The first kappa shape index (κ1) is 15.6. The summed E-state index contributed by atoms with van der Waals surface area (Å²) in [5.74, 6) is -1.44. The van der Waals surface area contributed by atoms with E-state index in [0.29, 0.717) is 6.54 Å². The molecule has 3 N–H and O–H groups in total. The third-order valence-corrected chi connectivity index (χ3v) is 3.85. The summed E-state index contributed by atoms with van der Waals surface area (Å²) in [7, 11) is 0. The number of nitrogens with one attached hydrogen (secondary N) is 2. The van der Waals surface area contributed by atoms with Crippen LogP contribution >= 0.6 is 0 Å². The van der Waals surface area contributed by atoms with E-state index in [9.17, 15) is 14.4 Å². The monoisotopic (exact) mass is 298 g/mol. The van der Waals surface area contributed by atoms with E-state index < -0.39 is 18.0 Å². The van der Waals surface area contributed by atoms with Gasteiger partial charge < -0.3 is 20.6 Å². The lowest BCUT2D eigenvalue weighted by molar-refractivity contribution is -0.144. The van der Waals surface area contributed by atoms with Crippen molar-refractivity contribution in [2.45, 2.75) is 25.3 Å². The minimum Gasteiger partial charge on any atom is -0.480 e. The summed E-state index contributed by atoms with van der Waals surface area (Å²) in [5.41, 5.74) is 0. The van der Waals surface area contributed by atoms with Gasteiger partial charge in [-0.15, -0.1) is 0 Å². The number of hydrogen-bond donors (Lipinski definition) is 3. The van der Waals surface area contributed by atoms with Crippen molar-refractivity contribution in [3.63, 3.8) is 0 Å². The molecule has 8 heteroatoms. The van der Waals surface area contributed by atoms with Gasteiger partial charge in [-0.3, -0.25) is 9.69 Å². The predicted molar refractivity (Wildman–Crippen MR) is 74.8 cm³/mol. The number of aliphatic carboxylic acids is 1. The molecule has 0 aliphatic carbocycles. The Morgan fingerprint density at radius 1 is 1.33 bits per heavy atom. The summed E-state index contributed by atoms with van der Waals surface area (Å²) in [6.45, 7) is 3.38. The van der Waals surface area contributed by atoms with E-state index in [1.807, 2.05) is 0 Å². The van der Waals surface area contributed by atoms with Gasteiger partial charge in [-0.2, -0.15) is 0 Å². The van der Waals surface area contributed by atoms with Crippen molar-refractivity contribution >= 4 is 17.9 Å². The quantitative estimate of drug-likeness (QED) is 0.569. The van der Waals surface area contributed by atoms with Crippen LogP contribution in [-0.4, -0.2) is 78.1 Å². The van der Waals surface area contributed by atoms with E-state index in [4.69, 9.17) is 5.11 Å². The van der Waals surface area contributed by atoms with Crippen LogP contribution in [0.5, 0.6) is 0 Å². The normalized spacial score (nSPS) is 23.0. The molecule has 2 saturated heterocycles. The first-order valence-electron chi connectivity index (χ1n) is 7.34. The molecule has 0 saturated carbocycles. The molecule has 2 heterocycles. The zero-order valence-corrected chi connectivity index (χ0v) is 12.0. The second-order valence-corrected chi connectivity index (χ2v) is 5.42. The van der Waals surface area contributed by atoms with Crippen molar-refractivity contribution in [1.29, 1.82) is 0 Å². The number of hydrogen-bond acceptors (Lipinski definition) is 4. The number of rotatable bonds is 5. The van der Waals surface area contributed by atoms with Gasteiger partial charge in [0.1, 0.15) is 12.6 Å². The lowest BCUT2D eigenvalue weighted by atomic mass is 10.2. The van der Waals surface area contributed by atoms with Crippen LogP contribution in [0, 0.1) is 0 Å². The Morgan fingerprint density at radius 3 is 2.71 bits per heavy atom. The van der Waals surface area contributed by atoms with Crippen molar-refractivity contribution in [1.82, 2.24) is 20.4 Å². The summed E-state index contributed by atoms with van der Waals surface area (Å²) >= 11 is 0. The second-order valence-electron chi connectivity index (χ2n) is 5.42. The number of nitrogens with zero attached hydrogens (tertiary/aromatic N) is 2. The van der Waals surface area contributed by atoms with E-state index in [2.05, 4.69) is 15.5 Å². The average molecular weight is 298 g/mol. The molecule has 0 aromatic heterocycles. The first-order chi connectivity index (χ1) is 10.1. The molecule has 2 fully saturated rings. The molecule has 0 radical (unpaired) electrons. The number of amides is 3. The third-order valence-electron chi connectivity index (χ3n) is 3.85. The molecule has 8 nitrogen and oxygen atoms in total. The van der Waals surface area contributed by atoms with Crippen molar-refractivity contribution in [3.05, 3.63) is 0 Å². The molecule has 3 amide bonds. The van der Waals surface area contributed by atoms with Gasteiger partial charge in [-0.1, -0.05) is 0 Å². The maximum Gasteiger partial charge on any atom is 0.328 e. The molecule has 0 spiro atoms. The second kappa shape index (κ2) is 7.26. The summed E-state index contributed by atoms with van der Waals surface area (Å²) in [6.07, 6.45) is 3.29. The Balaban J connectivity index is 1.74. The molecule has 1 atom stereocenters. The number of likely N-dealkylation sites (tertiary alicyclic amines) is 1. The highest BCUT2D eigenvalue weighted by atomic mass is 16.4. The smallest absolute Gasteiger partial charge is 0.328 e. The van der Waals surface area contributed by atoms with Crippen molar-refractivity contribution in [2.24, 2.45) is 0 Å². The molecule has 2 aliphatic rings. The van der Waals surface area contributed by atoms with Crippen LogP contribution in [0.1, 0.15) is 19.3 Å². The van der Waals surface area contributed by atoms with Crippen LogP contribution in [0.2, 0.25) is 0 Å². The largest absolute Gasteiger partial charge is 0.480 e. The Bertz CT molecular complexity index is 409. The number of carbonyl (C=O) groups excluding carboxylic acids is 2. The van der Waals surface area contributed by atoms with Gasteiger partial charge in [0.25, 0.3) is 0 Å². The minimum absolute atomic E-state index is 0.0463.